The van der Waals surface area contributed by atoms with Crippen molar-refractivity contribution in [2.24, 2.45) is 0 Å². The normalized spacial score (nSPS) is 26.4. The van der Waals surface area contributed by atoms with Gasteiger partial charge in [-0.2, -0.15) is 0 Å². The minimum Gasteiger partial charge on any atom is -0.421 e. The van der Waals surface area contributed by atoms with E-state index in [1.807, 2.05) is 0 Å². The van der Waals surface area contributed by atoms with Crippen molar-refractivity contribution in [2.45, 2.75) is 12.7 Å². The Bertz CT molecular complexity index is 95.0. The van der Waals surface area contributed by atoms with Gasteiger partial charge in [0, 0.05) is 7.11 Å². The van der Waals surface area contributed by atoms with E-state index in [9.17, 15) is 0 Å². The Morgan fingerprint density at radius 2 is 2.40 bits per heavy atom. The van der Waals surface area contributed by atoms with Crippen molar-refractivity contribution in [1.29, 1.82) is 0 Å². The van der Waals surface area contributed by atoms with Crippen molar-refractivity contribution >= 4 is 9.04 Å². The molecular formula is C6H14O3Si. The maximum atomic E-state index is 5.32. The summed E-state index contributed by atoms with van der Waals surface area (Å²) in [4.78, 5) is 0. The van der Waals surface area contributed by atoms with Gasteiger partial charge in [-0.1, -0.05) is 0 Å². The van der Waals surface area contributed by atoms with Gasteiger partial charge >= 0.3 is 0 Å². The molecule has 0 N–H and O–H groups in total. The van der Waals surface area contributed by atoms with Gasteiger partial charge in [-0.25, -0.2) is 0 Å². The number of hydrogen-bond acceptors (Lipinski definition) is 3. The molecule has 0 spiro atoms. The topological polar surface area (TPSA) is 31.0 Å². The zero-order chi connectivity index (χ0) is 7.40. The summed E-state index contributed by atoms with van der Waals surface area (Å²) in [5, 5.41) is 0. The smallest absolute Gasteiger partial charge is 0.198 e. The second-order valence-corrected chi connectivity index (χ2v) is 4.97. The maximum absolute atomic E-state index is 5.32. The molecule has 1 aliphatic rings. The molecule has 2 atom stereocenters. The van der Waals surface area contributed by atoms with Crippen molar-refractivity contribution < 1.29 is 13.9 Å². The number of hydrogen-bond donors (Lipinski definition) is 0. The molecule has 0 aromatic rings. The molecule has 0 saturated carbocycles. The lowest BCUT2D eigenvalue weighted by Gasteiger charge is -2.06. The average Bonchev–Trinajstić information content (AvgIpc) is 2.71. The van der Waals surface area contributed by atoms with Crippen LogP contribution in [0.3, 0.4) is 0 Å². The maximum Gasteiger partial charge on any atom is 0.198 e. The lowest BCUT2D eigenvalue weighted by atomic mass is 10.5. The summed E-state index contributed by atoms with van der Waals surface area (Å²) in [6.45, 7) is 3.75. The monoisotopic (exact) mass is 162 g/mol. The van der Waals surface area contributed by atoms with E-state index in [0.29, 0.717) is 6.10 Å². The highest BCUT2D eigenvalue weighted by molar-refractivity contribution is 6.49. The lowest BCUT2D eigenvalue weighted by Crippen LogP contribution is -2.20. The standard InChI is InChI=1S/C6H14O3Si/c1-7-10(2)5-8-3-6-4-9-6/h6,10H,3-5H2,1-2H3. The Hall–Kier alpha value is 0.0969. The fraction of sp³-hybridized carbons (Fsp3) is 1.00. The fourth-order valence-electron chi connectivity index (χ4n) is 0.598. The van der Waals surface area contributed by atoms with Gasteiger partial charge in [0.2, 0.25) is 0 Å². The van der Waals surface area contributed by atoms with Gasteiger partial charge in [-0.15, -0.1) is 0 Å². The summed E-state index contributed by atoms with van der Waals surface area (Å²) in [6.07, 6.45) is 1.19. The van der Waals surface area contributed by atoms with Crippen molar-refractivity contribution in [3.63, 3.8) is 0 Å². The first kappa shape index (κ1) is 8.20. The van der Waals surface area contributed by atoms with Crippen LogP contribution in [0.1, 0.15) is 0 Å². The van der Waals surface area contributed by atoms with Gasteiger partial charge in [0.25, 0.3) is 0 Å². The highest BCUT2D eigenvalue weighted by Crippen LogP contribution is 2.08. The highest BCUT2D eigenvalue weighted by atomic mass is 28.3. The zero-order valence-corrected chi connectivity index (χ0v) is 7.66. The van der Waals surface area contributed by atoms with E-state index in [0.717, 1.165) is 19.4 Å². The Morgan fingerprint density at radius 1 is 1.70 bits per heavy atom. The largest absolute Gasteiger partial charge is 0.421 e. The molecule has 0 aliphatic carbocycles. The van der Waals surface area contributed by atoms with Crippen LogP contribution in [0.2, 0.25) is 6.55 Å². The van der Waals surface area contributed by atoms with Gasteiger partial charge < -0.3 is 13.9 Å². The summed E-state index contributed by atoms with van der Waals surface area (Å²) >= 11 is 0. The predicted molar refractivity (Wildman–Crippen MR) is 40.6 cm³/mol. The third-order valence-electron chi connectivity index (χ3n) is 1.46. The summed E-state index contributed by atoms with van der Waals surface area (Å²) in [5.41, 5.74) is 0. The molecule has 1 saturated heterocycles. The molecule has 1 fully saturated rings. The summed E-state index contributed by atoms with van der Waals surface area (Å²) in [5.74, 6) is 0. The van der Waals surface area contributed by atoms with Crippen molar-refractivity contribution in [1.82, 2.24) is 0 Å². The first-order chi connectivity index (χ1) is 4.83. The van der Waals surface area contributed by atoms with E-state index < -0.39 is 9.04 Å². The zero-order valence-electron chi connectivity index (χ0n) is 6.50. The van der Waals surface area contributed by atoms with E-state index in [-0.39, 0.29) is 0 Å². The number of rotatable bonds is 5. The van der Waals surface area contributed by atoms with Crippen molar-refractivity contribution in [3.05, 3.63) is 0 Å². The van der Waals surface area contributed by atoms with Crippen molar-refractivity contribution in [2.75, 3.05) is 26.6 Å². The molecular weight excluding hydrogens is 148 g/mol. The molecule has 4 heteroatoms. The van der Waals surface area contributed by atoms with E-state index in [1.54, 1.807) is 7.11 Å². The summed E-state index contributed by atoms with van der Waals surface area (Å²) in [6, 6.07) is 0. The molecule has 0 amide bonds. The van der Waals surface area contributed by atoms with Crippen LogP contribution in [-0.4, -0.2) is 41.7 Å². The van der Waals surface area contributed by atoms with Crippen LogP contribution in [0, 0.1) is 0 Å². The van der Waals surface area contributed by atoms with Crippen LogP contribution < -0.4 is 0 Å². The first-order valence-corrected chi connectivity index (χ1v) is 5.99. The van der Waals surface area contributed by atoms with Gasteiger partial charge in [-0.05, 0) is 6.55 Å². The van der Waals surface area contributed by atoms with E-state index in [4.69, 9.17) is 13.9 Å². The predicted octanol–water partition coefficient (Wildman–Crippen LogP) is -0.0590. The van der Waals surface area contributed by atoms with Crippen LogP contribution in [-0.2, 0) is 13.9 Å². The van der Waals surface area contributed by atoms with Crippen LogP contribution in [0.5, 0.6) is 0 Å². The summed E-state index contributed by atoms with van der Waals surface area (Å²) in [7, 11) is 0.754. The second kappa shape index (κ2) is 4.08. The minimum absolute atomic E-state index is 0.387. The minimum atomic E-state index is -0.990. The van der Waals surface area contributed by atoms with Crippen LogP contribution >= 0.6 is 0 Å². The Balaban J connectivity index is 1.83. The molecule has 2 unspecified atom stereocenters. The van der Waals surface area contributed by atoms with Gasteiger partial charge in [0.05, 0.1) is 19.4 Å². The number of ether oxygens (including phenoxy) is 2. The van der Waals surface area contributed by atoms with Crippen LogP contribution in [0.25, 0.3) is 0 Å². The van der Waals surface area contributed by atoms with Gasteiger partial charge in [0.15, 0.2) is 9.04 Å². The molecule has 0 aromatic carbocycles. The SMILES string of the molecule is CO[SiH](C)COCC1CO1. The molecule has 1 aliphatic heterocycles. The van der Waals surface area contributed by atoms with E-state index in [1.165, 1.54) is 0 Å². The Kier molecular flexibility index (Phi) is 3.34. The molecule has 0 bridgehead atoms. The lowest BCUT2D eigenvalue weighted by molar-refractivity contribution is 0.143. The molecule has 1 heterocycles. The Labute approximate surface area is 63.0 Å². The van der Waals surface area contributed by atoms with E-state index in [2.05, 4.69) is 6.55 Å². The van der Waals surface area contributed by atoms with Crippen LogP contribution in [0.15, 0.2) is 0 Å². The van der Waals surface area contributed by atoms with Gasteiger partial charge in [0.1, 0.15) is 6.10 Å². The molecule has 0 radical (unpaired) electrons. The number of epoxide rings is 1. The highest BCUT2D eigenvalue weighted by Gasteiger charge is 2.22. The molecule has 10 heavy (non-hydrogen) atoms. The fourth-order valence-corrected chi connectivity index (χ4v) is 1.20. The average molecular weight is 162 g/mol. The second-order valence-electron chi connectivity index (χ2n) is 2.54. The third kappa shape index (κ3) is 3.31. The molecule has 60 valence electrons. The molecule has 3 nitrogen and oxygen atoms in total. The van der Waals surface area contributed by atoms with E-state index >= 15 is 0 Å². The first-order valence-electron chi connectivity index (χ1n) is 3.55. The third-order valence-corrected chi connectivity index (χ3v) is 2.97. The van der Waals surface area contributed by atoms with Gasteiger partial charge in [-0.3, -0.25) is 0 Å². The summed E-state index contributed by atoms with van der Waals surface area (Å²) < 4.78 is 15.4. The molecule has 1 rings (SSSR count). The quantitative estimate of drug-likeness (QED) is 0.419. The molecule has 0 aromatic heterocycles. The van der Waals surface area contributed by atoms with Crippen molar-refractivity contribution in [3.8, 4) is 0 Å². The van der Waals surface area contributed by atoms with Crippen LogP contribution in [0.4, 0.5) is 0 Å². The Morgan fingerprint density at radius 3 is 2.90 bits per heavy atom.